The predicted octanol–water partition coefficient (Wildman–Crippen LogP) is 1.57. The maximum atomic E-state index is 14.1. The number of benzene rings is 2. The molecular weight excluding hydrogens is 517 g/mol. The number of aromatic nitrogens is 2. The monoisotopic (exact) mass is 530 g/mol. The van der Waals surface area contributed by atoms with Gasteiger partial charge in [-0.25, -0.2) is 22.4 Å². The summed E-state index contributed by atoms with van der Waals surface area (Å²) in [6, 6.07) is 9.32. The van der Waals surface area contributed by atoms with Crippen molar-refractivity contribution in [3.63, 3.8) is 0 Å². The van der Waals surface area contributed by atoms with E-state index in [2.05, 4.69) is 4.98 Å². The van der Waals surface area contributed by atoms with E-state index in [4.69, 9.17) is 26.1 Å². The molecular formula is C16H14ClFN3Na3O6PS. The molecule has 2 aromatic carbocycles. The van der Waals surface area contributed by atoms with Gasteiger partial charge in [0, 0.05) is 99.9 Å². The minimum absolute atomic E-state index is 0. The third-order valence-electron chi connectivity index (χ3n) is 3.81. The van der Waals surface area contributed by atoms with Crippen LogP contribution in [0.5, 0.6) is 5.75 Å². The maximum absolute atomic E-state index is 14.1. The van der Waals surface area contributed by atoms with Crippen LogP contribution < -0.4 is 9.23 Å². The number of sulfonamides is 1. The molecule has 1 heterocycles. The number of halogens is 2. The number of nitrogens with zero attached hydrogens (tertiary/aromatic N) is 2. The molecule has 157 valence electrons. The molecule has 0 aliphatic rings. The van der Waals surface area contributed by atoms with E-state index in [1.54, 1.807) is 6.07 Å². The van der Waals surface area contributed by atoms with E-state index in [1.165, 1.54) is 46.8 Å². The first-order valence-electron chi connectivity index (χ1n) is 7.78. The van der Waals surface area contributed by atoms with Crippen molar-refractivity contribution < 1.29 is 31.9 Å². The van der Waals surface area contributed by atoms with Crippen molar-refractivity contribution in [3.8, 4) is 22.7 Å². The van der Waals surface area contributed by atoms with E-state index in [-0.39, 0.29) is 104 Å². The summed E-state index contributed by atoms with van der Waals surface area (Å²) in [4.78, 5) is 21.3. The van der Waals surface area contributed by atoms with Gasteiger partial charge in [0.1, 0.15) is 6.33 Å². The second-order valence-corrected chi connectivity index (χ2v) is 9.39. The molecule has 3 aromatic rings. The Kier molecular flexibility index (Phi) is 13.5. The van der Waals surface area contributed by atoms with Gasteiger partial charge in [0.15, 0.2) is 16.7 Å². The largest absolute Gasteiger partial charge is 0.494 e. The van der Waals surface area contributed by atoms with Gasteiger partial charge in [-0.1, -0.05) is 11.6 Å². The van der Waals surface area contributed by atoms with E-state index in [0.717, 1.165) is 12.1 Å². The average Bonchev–Trinajstić information content (AvgIpc) is 3.01. The van der Waals surface area contributed by atoms with Gasteiger partial charge in [-0.15, -0.1) is 4.49 Å². The maximum Gasteiger partial charge on any atom is 0.414 e. The first kappa shape index (κ1) is 32.7. The minimum atomic E-state index is -5.00. The zero-order valence-electron chi connectivity index (χ0n) is 17.7. The number of rotatable bonds is 6. The van der Waals surface area contributed by atoms with Crippen molar-refractivity contribution in [3.05, 3.63) is 59.8 Å². The Morgan fingerprint density at radius 3 is 2.22 bits per heavy atom. The van der Waals surface area contributed by atoms with Gasteiger partial charge in [-0.2, -0.15) is 0 Å². The van der Waals surface area contributed by atoms with Gasteiger partial charge in [0.05, 0.1) is 17.7 Å². The molecule has 0 aliphatic carbocycles. The van der Waals surface area contributed by atoms with E-state index >= 15 is 0 Å². The summed E-state index contributed by atoms with van der Waals surface area (Å²) in [6.45, 7) is 0. The van der Waals surface area contributed by atoms with Crippen LogP contribution in [0.4, 0.5) is 4.39 Å². The minimum Gasteiger partial charge on any atom is -0.494 e. The number of hydrogen-bond acceptors (Lipinski definition) is 5. The van der Waals surface area contributed by atoms with Crippen LogP contribution in [-0.2, 0) is 14.6 Å². The Balaban J connectivity index is 0.00000320. The average molecular weight is 531 g/mol. The molecule has 0 fully saturated rings. The summed E-state index contributed by atoms with van der Waals surface area (Å²) in [5, 5.41) is 0.0921. The fourth-order valence-electron chi connectivity index (χ4n) is 2.59. The second-order valence-electron chi connectivity index (χ2n) is 5.74. The van der Waals surface area contributed by atoms with Crippen molar-refractivity contribution in [1.82, 2.24) is 14.0 Å². The molecule has 0 aliphatic heterocycles. The summed E-state index contributed by atoms with van der Waals surface area (Å²) in [7, 11) is -8.07. The van der Waals surface area contributed by atoms with Crippen LogP contribution in [-0.4, -0.2) is 124 Å². The Morgan fingerprint density at radius 2 is 1.72 bits per heavy atom. The summed E-state index contributed by atoms with van der Waals surface area (Å²) in [5.74, 6) is -0.540. The molecule has 0 saturated carbocycles. The molecule has 0 amide bonds. The van der Waals surface area contributed by atoms with Gasteiger partial charge in [-0.05, 0) is 42.5 Å². The molecule has 3 rings (SSSR count). The number of imidazole rings is 1. The van der Waals surface area contributed by atoms with Crippen molar-refractivity contribution in [1.29, 1.82) is 0 Å². The molecule has 3 radical (unpaired) electrons. The SMILES string of the molecule is COc1ccc(-c2c(Cl)ncn2-c2ccc(S(=O)(=O)NP(=O)(O)O)cc2)cc1F.[Na].[Na].[Na]. The molecule has 0 saturated heterocycles. The summed E-state index contributed by atoms with van der Waals surface area (Å²) < 4.78 is 56.7. The zero-order valence-corrected chi connectivity index (χ0v) is 26.1. The molecule has 32 heavy (non-hydrogen) atoms. The van der Waals surface area contributed by atoms with Crippen molar-refractivity contribution in [2.45, 2.75) is 4.90 Å². The van der Waals surface area contributed by atoms with Gasteiger partial charge >= 0.3 is 7.75 Å². The normalized spacial score (nSPS) is 11.0. The van der Waals surface area contributed by atoms with Crippen molar-refractivity contribution in [2.75, 3.05) is 7.11 Å². The Bertz CT molecular complexity index is 1220. The van der Waals surface area contributed by atoms with Crippen LogP contribution in [0.2, 0.25) is 5.15 Å². The number of methoxy groups -OCH3 is 1. The second kappa shape index (κ2) is 13.2. The van der Waals surface area contributed by atoms with Gasteiger partial charge in [-0.3, -0.25) is 4.57 Å². The number of hydrogen-bond donors (Lipinski definition) is 3. The van der Waals surface area contributed by atoms with Gasteiger partial charge < -0.3 is 14.5 Å². The van der Waals surface area contributed by atoms with Gasteiger partial charge in [0.2, 0.25) is 10.0 Å². The first-order valence-corrected chi connectivity index (χ1v) is 11.3. The summed E-state index contributed by atoms with van der Waals surface area (Å²) in [6.07, 6.45) is 1.37. The fourth-order valence-corrected chi connectivity index (χ4v) is 5.00. The molecule has 0 atom stereocenters. The van der Waals surface area contributed by atoms with E-state index < -0.39 is 23.6 Å². The Hall–Kier alpha value is 0.730. The van der Waals surface area contributed by atoms with Crippen LogP contribution >= 0.6 is 19.3 Å². The topological polar surface area (TPSA) is 131 Å². The Morgan fingerprint density at radius 1 is 1.12 bits per heavy atom. The smallest absolute Gasteiger partial charge is 0.414 e. The predicted molar refractivity (Wildman–Crippen MR) is 120 cm³/mol. The summed E-state index contributed by atoms with van der Waals surface area (Å²) in [5.41, 5.74) is 1.20. The standard InChI is InChI=1S/C16H14ClFN3O6PS.3Na/c1-27-14-7-2-10(8-13(14)18)15-16(17)19-9-21(15)11-3-5-12(6-4-11)29(25,26)20-28(22,23)24;;;/h2-9H,1H3,(H3,20,22,23,24);;;. The van der Waals surface area contributed by atoms with Crippen molar-refractivity contribution in [2.24, 2.45) is 0 Å². The van der Waals surface area contributed by atoms with Crippen LogP contribution in [0.1, 0.15) is 0 Å². The molecule has 0 spiro atoms. The van der Waals surface area contributed by atoms with Crippen LogP contribution in [0, 0.1) is 5.82 Å². The van der Waals surface area contributed by atoms with E-state index in [0.29, 0.717) is 16.9 Å². The number of ether oxygens (including phenoxy) is 1. The van der Waals surface area contributed by atoms with Gasteiger partial charge in [0.25, 0.3) is 0 Å². The molecule has 16 heteroatoms. The van der Waals surface area contributed by atoms with Crippen molar-refractivity contribution >= 4 is 118 Å². The molecule has 9 nitrogen and oxygen atoms in total. The molecule has 1 aromatic heterocycles. The quantitative estimate of drug-likeness (QED) is 0.326. The van der Waals surface area contributed by atoms with Crippen LogP contribution in [0.3, 0.4) is 0 Å². The third kappa shape index (κ3) is 7.87. The van der Waals surface area contributed by atoms with Crippen LogP contribution in [0.15, 0.2) is 53.7 Å². The van der Waals surface area contributed by atoms with E-state index in [1.807, 2.05) is 0 Å². The fraction of sp³-hybridized carbons (Fsp3) is 0.0625. The Labute approximate surface area is 255 Å². The first-order chi connectivity index (χ1) is 13.5. The number of nitrogens with one attached hydrogen (secondary N) is 1. The molecule has 0 bridgehead atoms. The third-order valence-corrected chi connectivity index (χ3v) is 6.89. The summed E-state index contributed by atoms with van der Waals surface area (Å²) >= 11 is 6.15. The molecule has 3 N–H and O–H groups in total. The van der Waals surface area contributed by atoms with Crippen LogP contribution in [0.25, 0.3) is 16.9 Å². The zero-order chi connectivity index (χ0) is 21.4. The molecule has 0 unspecified atom stereocenters. The van der Waals surface area contributed by atoms with E-state index in [9.17, 15) is 17.4 Å².